The van der Waals surface area contributed by atoms with Crippen molar-refractivity contribution in [3.63, 3.8) is 0 Å². The molecule has 0 spiro atoms. The number of nitrogens with zero attached hydrogens (tertiary/aromatic N) is 9. The molecule has 0 saturated heterocycles. The fraction of sp³-hybridized carbons (Fsp3) is 0.217. The summed E-state index contributed by atoms with van der Waals surface area (Å²) in [5.74, 6) is 2.66. The van der Waals surface area contributed by atoms with Gasteiger partial charge in [-0.1, -0.05) is 41.6 Å². The molecule has 2 aliphatic heterocycles. The number of aromatic nitrogens is 4. The Hall–Kier alpha value is -7.32. The molecule has 0 bridgehead atoms. The van der Waals surface area contributed by atoms with Crippen LogP contribution in [-0.4, -0.2) is 93.5 Å². The first-order valence-corrected chi connectivity index (χ1v) is 20.1. The van der Waals surface area contributed by atoms with Crippen LogP contribution in [-0.2, 0) is 43.4 Å². The number of aldehydes is 1. The highest BCUT2D eigenvalue weighted by Crippen LogP contribution is 2.43. The fourth-order valence-electron chi connectivity index (χ4n) is 7.70. The predicted octanol–water partition coefficient (Wildman–Crippen LogP) is 5.62. The quantitative estimate of drug-likeness (QED) is 0.0629. The van der Waals surface area contributed by atoms with Crippen molar-refractivity contribution in [3.8, 4) is 22.3 Å². The molecule has 2 unspecified atom stereocenters. The molecule has 6 heterocycles. The molecule has 2 aliphatic rings. The molecular formula is C46H50Cl2F2N12O5. The number of likely N-dealkylation sites (N-methyl/N-ethyl adjacent to an activating group) is 2. The van der Waals surface area contributed by atoms with Crippen molar-refractivity contribution in [3.05, 3.63) is 155 Å². The van der Waals surface area contributed by atoms with Gasteiger partial charge in [-0.25, -0.2) is 25.8 Å². The monoisotopic (exact) mass is 958 g/mol. The van der Waals surface area contributed by atoms with Crippen molar-refractivity contribution in [2.24, 2.45) is 32.5 Å². The number of hydrogen-bond acceptors (Lipinski definition) is 13. The number of halogens is 4. The lowest BCUT2D eigenvalue weighted by molar-refractivity contribution is -0.130. The van der Waals surface area contributed by atoms with E-state index in [4.69, 9.17) is 16.3 Å². The number of amides is 2. The van der Waals surface area contributed by atoms with Crippen molar-refractivity contribution in [2.45, 2.75) is 38.0 Å². The lowest BCUT2D eigenvalue weighted by atomic mass is 9.83. The van der Waals surface area contributed by atoms with Gasteiger partial charge in [-0.2, -0.15) is 8.78 Å². The maximum atomic E-state index is 14.4. The van der Waals surface area contributed by atoms with Gasteiger partial charge in [0.25, 0.3) is 11.8 Å². The maximum Gasteiger partial charge on any atom is 0.266 e. The number of benzene rings is 2. The second kappa shape index (κ2) is 22.2. The summed E-state index contributed by atoms with van der Waals surface area (Å²) in [6, 6.07) is 24.0. The number of carbonyl (C=O) groups is 3. The van der Waals surface area contributed by atoms with Gasteiger partial charge in [0.15, 0.2) is 29.3 Å². The van der Waals surface area contributed by atoms with Gasteiger partial charge in [-0.3, -0.25) is 24.2 Å². The molecule has 21 heteroatoms. The molecule has 2 atom stereocenters. The Kier molecular flexibility index (Phi) is 17.4. The maximum absolute atomic E-state index is 14.4. The van der Waals surface area contributed by atoms with Gasteiger partial charge in [0, 0.05) is 74.2 Å². The highest BCUT2D eigenvalue weighted by molar-refractivity contribution is 6.10. The molecular weight excluding hydrogens is 909 g/mol. The van der Waals surface area contributed by atoms with Crippen LogP contribution in [0.4, 0.5) is 8.78 Å². The predicted molar refractivity (Wildman–Crippen MR) is 256 cm³/mol. The molecule has 17 nitrogen and oxygen atoms in total. The van der Waals surface area contributed by atoms with E-state index in [-0.39, 0.29) is 48.5 Å². The number of rotatable bonds is 11. The van der Waals surface area contributed by atoms with E-state index in [2.05, 4.69) is 35.8 Å². The Morgan fingerprint density at radius 1 is 0.672 bits per heavy atom. The van der Waals surface area contributed by atoms with Crippen molar-refractivity contribution in [1.29, 1.82) is 0 Å². The summed E-state index contributed by atoms with van der Waals surface area (Å²) in [4.78, 5) is 66.2. The van der Waals surface area contributed by atoms with E-state index < -0.39 is 23.0 Å². The third kappa shape index (κ3) is 9.80. The molecule has 8 rings (SSSR count). The largest absolute Gasteiger partial charge is 0.399 e. The lowest BCUT2D eigenvalue weighted by Gasteiger charge is -2.25. The van der Waals surface area contributed by atoms with Crippen LogP contribution in [0.25, 0.3) is 22.3 Å². The second-order valence-corrected chi connectivity index (χ2v) is 14.6. The third-order valence-electron chi connectivity index (χ3n) is 11.0. The number of oxime groups is 1. The molecule has 0 saturated carbocycles. The molecule has 67 heavy (non-hydrogen) atoms. The Balaban J connectivity index is 0.000000269. The fourth-order valence-corrected chi connectivity index (χ4v) is 7.70. The molecule has 0 aliphatic carbocycles. The summed E-state index contributed by atoms with van der Waals surface area (Å²) < 4.78 is 32.3. The van der Waals surface area contributed by atoms with Gasteiger partial charge in [-0.05, 0) is 84.6 Å². The van der Waals surface area contributed by atoms with Crippen LogP contribution in [0.2, 0.25) is 0 Å². The zero-order chi connectivity index (χ0) is 47.1. The van der Waals surface area contributed by atoms with Crippen LogP contribution in [0.5, 0.6) is 0 Å². The van der Waals surface area contributed by atoms with Gasteiger partial charge in [0.05, 0.1) is 24.7 Å². The smallest absolute Gasteiger partial charge is 0.266 e. The van der Waals surface area contributed by atoms with E-state index in [0.717, 1.165) is 12.0 Å². The van der Waals surface area contributed by atoms with Gasteiger partial charge in [0.2, 0.25) is 11.9 Å². The van der Waals surface area contributed by atoms with Crippen molar-refractivity contribution >= 4 is 61.0 Å². The van der Waals surface area contributed by atoms with Crippen LogP contribution in [0, 0.1) is 11.9 Å². The van der Waals surface area contributed by atoms with Crippen LogP contribution >= 0.6 is 24.8 Å². The minimum Gasteiger partial charge on any atom is -0.399 e. The van der Waals surface area contributed by atoms with Crippen molar-refractivity contribution in [1.82, 2.24) is 28.9 Å². The summed E-state index contributed by atoms with van der Waals surface area (Å²) in [5.41, 5.74) is 14.4. The number of nitrogens with two attached hydrogens (primary N) is 3. The Bertz CT molecular complexity index is 2830. The lowest BCUT2D eigenvalue weighted by Crippen LogP contribution is -2.41. The minimum absolute atomic E-state index is 0. The summed E-state index contributed by atoms with van der Waals surface area (Å²) in [6.45, 7) is 5.07. The molecule has 2 aromatic carbocycles. The van der Waals surface area contributed by atoms with E-state index in [9.17, 15) is 23.2 Å². The first kappa shape index (κ1) is 52.3. The highest BCUT2D eigenvalue weighted by atomic mass is 35.5. The Labute approximate surface area is 397 Å². The summed E-state index contributed by atoms with van der Waals surface area (Å²) in [7, 11) is 5.99. The van der Waals surface area contributed by atoms with Gasteiger partial charge in [-0.15, -0.1) is 24.8 Å². The number of hydrogen-bond donors (Lipinski definition) is 3. The molecule has 2 amide bonds. The molecule has 0 radical (unpaired) electrons. The molecule has 352 valence electrons. The van der Waals surface area contributed by atoms with E-state index in [1.54, 1.807) is 110 Å². The van der Waals surface area contributed by atoms with Crippen molar-refractivity contribution < 1.29 is 32.8 Å². The van der Waals surface area contributed by atoms with E-state index in [0.29, 0.717) is 63.3 Å². The molecule has 6 aromatic rings. The molecule has 0 fully saturated rings. The third-order valence-corrected chi connectivity index (χ3v) is 11.0. The first-order valence-electron chi connectivity index (χ1n) is 20.1. The van der Waals surface area contributed by atoms with Gasteiger partial charge < -0.3 is 30.3 Å². The summed E-state index contributed by atoms with van der Waals surface area (Å²) in [5, 5.41) is 3.85. The number of carbonyl (C=O) groups excluding carboxylic acids is 3. The highest BCUT2D eigenvalue weighted by Gasteiger charge is 2.51. The Morgan fingerprint density at radius 2 is 1.09 bits per heavy atom. The standard InChI is InChI=1S/C23H23FN6O2.C22H20FN5O2.CH5NO.2ClH/c1-4-30-14-17(12-18(30)13-27-32-3)23(21(31)29(2)22(25)28-23)16-8-5-7-15(11-16)19-9-6-10-26-20(19)24;1-3-28-12-16(11-17(28)13-29)22(20(30)27(2)21(24)26-22)15-7-4-6-14(10-15)18-8-5-9-25-19(18)23;1-3-2;;/h5-14H,4H2,1-3H3,(H2,25,28);4-13H,3H2,1-2H3,(H2,24,26);2H2,1H3;2*1H/b27-13+;;;;. The van der Waals surface area contributed by atoms with Gasteiger partial charge in [0.1, 0.15) is 7.11 Å². The average Bonchev–Trinajstić information content (AvgIpc) is 4.06. The summed E-state index contributed by atoms with van der Waals surface area (Å²) in [6.07, 6.45) is 8.65. The van der Waals surface area contributed by atoms with Crippen LogP contribution in [0.15, 0.2) is 125 Å². The van der Waals surface area contributed by atoms with Gasteiger partial charge >= 0.3 is 0 Å². The molecule has 6 N–H and O–H groups in total. The normalized spacial score (nSPS) is 17.4. The number of guanidine groups is 2. The second-order valence-electron chi connectivity index (χ2n) is 14.6. The topological polar surface area (TPSA) is 227 Å². The van der Waals surface area contributed by atoms with E-state index in [1.165, 1.54) is 36.4 Å². The minimum atomic E-state index is -1.47. The average molecular weight is 960 g/mol. The molecule has 4 aromatic heterocycles. The van der Waals surface area contributed by atoms with Crippen LogP contribution < -0.4 is 17.4 Å². The zero-order valence-electron chi connectivity index (χ0n) is 37.3. The number of aryl methyl sites for hydroxylation is 2. The van der Waals surface area contributed by atoms with E-state index >= 15 is 0 Å². The number of pyridine rings is 2. The number of aliphatic imine (C=N–C) groups is 2. The first-order chi connectivity index (χ1) is 31.2. The zero-order valence-corrected chi connectivity index (χ0v) is 39.0. The Morgan fingerprint density at radius 3 is 1.43 bits per heavy atom. The van der Waals surface area contributed by atoms with Crippen LogP contribution in [0.1, 0.15) is 52.3 Å². The summed E-state index contributed by atoms with van der Waals surface area (Å²) >= 11 is 0. The van der Waals surface area contributed by atoms with Crippen LogP contribution in [0.3, 0.4) is 0 Å². The SMILES string of the molecule is CCn1cc(C2(c3cccc(-c4cccnc4F)c3)N=C(N)N(C)C2=O)cc1/C=N/OC.CCn1cc(C2(c3cccc(-c4cccnc4F)c3)N=C(N)N(C)C2=O)cc1C=O.CON.Cl.Cl. The van der Waals surface area contributed by atoms with E-state index in [1.807, 2.05) is 30.7 Å². The van der Waals surface area contributed by atoms with Crippen molar-refractivity contribution in [2.75, 3.05) is 28.3 Å².